The molecule has 8 nitrogen and oxygen atoms in total. The fourth-order valence-corrected chi connectivity index (χ4v) is 4.30. The Morgan fingerprint density at radius 3 is 2.68 bits per heavy atom. The Morgan fingerprint density at radius 2 is 2.08 bits per heavy atom. The molecule has 9 heteroatoms. The predicted molar refractivity (Wildman–Crippen MR) is 94.1 cm³/mol. The molecule has 0 radical (unpaired) electrons. The van der Waals surface area contributed by atoms with Gasteiger partial charge in [-0.3, -0.25) is 14.4 Å². The molecule has 2 aliphatic rings. The molecule has 0 unspecified atom stereocenters. The zero-order valence-electron chi connectivity index (χ0n) is 14.3. The normalized spacial score (nSPS) is 21.4. The minimum atomic E-state index is -1.37. The number of amidine groups is 1. The molecule has 0 aromatic heterocycles. The Balaban J connectivity index is 2.15. The van der Waals surface area contributed by atoms with Crippen LogP contribution in [0.2, 0.25) is 0 Å². The van der Waals surface area contributed by atoms with Gasteiger partial charge in [0.1, 0.15) is 5.75 Å². The number of hydrogen-bond acceptors (Lipinski definition) is 6. The number of carbonyl (C=O) groups is 3. The Morgan fingerprint density at radius 1 is 1.36 bits per heavy atom. The van der Waals surface area contributed by atoms with Crippen molar-refractivity contribution in [1.82, 2.24) is 10.3 Å². The average molecular weight is 362 g/mol. The van der Waals surface area contributed by atoms with Gasteiger partial charge in [0.2, 0.25) is 16.7 Å². The fourth-order valence-electron chi connectivity index (χ4n) is 2.95. The van der Waals surface area contributed by atoms with Crippen LogP contribution in [0, 0.1) is 0 Å². The van der Waals surface area contributed by atoms with Gasteiger partial charge in [-0.1, -0.05) is 0 Å². The summed E-state index contributed by atoms with van der Waals surface area (Å²) in [6.45, 7) is 5.02. The van der Waals surface area contributed by atoms with E-state index in [9.17, 15) is 14.4 Å². The number of amides is 3. The van der Waals surface area contributed by atoms with E-state index in [0.717, 1.165) is 16.8 Å². The quantitative estimate of drug-likeness (QED) is 0.854. The molecule has 2 aliphatic heterocycles. The summed E-state index contributed by atoms with van der Waals surface area (Å²) in [5.74, 6) is -0.431. The zero-order valence-corrected chi connectivity index (χ0v) is 15.1. The van der Waals surface area contributed by atoms with E-state index in [4.69, 9.17) is 4.74 Å². The van der Waals surface area contributed by atoms with Crippen molar-refractivity contribution in [3.63, 3.8) is 0 Å². The van der Waals surface area contributed by atoms with Crippen LogP contribution >= 0.6 is 11.8 Å². The van der Waals surface area contributed by atoms with Gasteiger partial charge in [-0.15, -0.1) is 5.10 Å². The monoisotopic (exact) mass is 362 g/mol. The van der Waals surface area contributed by atoms with Crippen LogP contribution in [0.15, 0.2) is 23.3 Å². The first-order chi connectivity index (χ1) is 11.8. The van der Waals surface area contributed by atoms with Crippen molar-refractivity contribution in [2.45, 2.75) is 25.6 Å². The van der Waals surface area contributed by atoms with Crippen molar-refractivity contribution in [1.29, 1.82) is 0 Å². The Hall–Kier alpha value is -2.55. The van der Waals surface area contributed by atoms with Gasteiger partial charge in [0.15, 0.2) is 5.17 Å². The minimum Gasteiger partial charge on any atom is -0.494 e. The van der Waals surface area contributed by atoms with Gasteiger partial charge in [-0.05, 0) is 36.9 Å². The summed E-state index contributed by atoms with van der Waals surface area (Å²) in [7, 11) is 1.64. The van der Waals surface area contributed by atoms with Crippen molar-refractivity contribution in [3.8, 4) is 5.75 Å². The third-order valence-electron chi connectivity index (χ3n) is 3.91. The number of nitrogens with zero attached hydrogens (tertiary/aromatic N) is 3. The maximum Gasteiger partial charge on any atom is 0.270 e. The highest BCUT2D eigenvalue weighted by atomic mass is 32.2. The van der Waals surface area contributed by atoms with E-state index in [1.807, 2.05) is 6.92 Å². The van der Waals surface area contributed by atoms with Crippen molar-refractivity contribution >= 4 is 40.3 Å². The van der Waals surface area contributed by atoms with Crippen LogP contribution in [0.1, 0.15) is 26.3 Å². The first kappa shape index (κ1) is 17.3. The molecule has 1 atom stereocenters. The number of benzene rings is 1. The lowest BCUT2D eigenvalue weighted by atomic mass is 10.1. The number of carbonyl (C=O) groups excluding carboxylic acids is 3. The molecule has 3 amide bonds. The molecular formula is C16H18N4O4S. The molecular weight excluding hydrogens is 344 g/mol. The second-order valence-electron chi connectivity index (χ2n) is 5.64. The standard InChI is InChI=1S/C16H18N4O4S/c1-5-24-11-6-7-13-12(8-11)16(14(23)19(13)4)20(10(3)22)18-15(25-16)17-9(2)21/h6-8H,5H2,1-4H3,(H,17,18,21)/t16-/m1/s1. The van der Waals surface area contributed by atoms with Gasteiger partial charge in [0.05, 0.1) is 12.3 Å². The van der Waals surface area contributed by atoms with E-state index in [1.165, 1.54) is 18.7 Å². The average Bonchev–Trinajstić information content (AvgIpc) is 3.01. The van der Waals surface area contributed by atoms with E-state index in [-0.39, 0.29) is 17.0 Å². The largest absolute Gasteiger partial charge is 0.494 e. The van der Waals surface area contributed by atoms with Crippen LogP contribution < -0.4 is 15.0 Å². The van der Waals surface area contributed by atoms with Crippen molar-refractivity contribution in [3.05, 3.63) is 23.8 Å². The lowest BCUT2D eigenvalue weighted by molar-refractivity contribution is -0.139. The first-order valence-electron chi connectivity index (χ1n) is 7.72. The van der Waals surface area contributed by atoms with E-state index >= 15 is 0 Å². The Bertz CT molecular complexity index is 809. The number of fused-ring (bicyclic) bond motifs is 2. The summed E-state index contributed by atoms with van der Waals surface area (Å²) >= 11 is 1.04. The molecule has 3 rings (SSSR count). The zero-order chi connectivity index (χ0) is 18.4. The lowest BCUT2D eigenvalue weighted by Gasteiger charge is -2.29. The lowest BCUT2D eigenvalue weighted by Crippen LogP contribution is -2.47. The summed E-state index contributed by atoms with van der Waals surface area (Å²) < 4.78 is 5.54. The van der Waals surface area contributed by atoms with E-state index in [1.54, 1.807) is 25.2 Å². The topological polar surface area (TPSA) is 91.3 Å². The highest BCUT2D eigenvalue weighted by molar-refractivity contribution is 8.15. The van der Waals surface area contributed by atoms with Crippen LogP contribution in [0.5, 0.6) is 5.75 Å². The molecule has 25 heavy (non-hydrogen) atoms. The summed E-state index contributed by atoms with van der Waals surface area (Å²) in [4.78, 5) is 36.8. The minimum absolute atomic E-state index is 0.208. The molecule has 0 bridgehead atoms. The maximum atomic E-state index is 13.1. The first-order valence-corrected chi connectivity index (χ1v) is 8.54. The van der Waals surface area contributed by atoms with Crippen molar-refractivity contribution < 1.29 is 19.1 Å². The summed E-state index contributed by atoms with van der Waals surface area (Å²) in [5, 5.41) is 8.06. The Kier molecular flexibility index (Phi) is 4.19. The predicted octanol–water partition coefficient (Wildman–Crippen LogP) is 1.22. The summed E-state index contributed by atoms with van der Waals surface area (Å²) in [6.07, 6.45) is 0. The number of ether oxygens (including phenoxy) is 1. The Labute approximate surface area is 149 Å². The van der Waals surface area contributed by atoms with Crippen LogP contribution in [0.25, 0.3) is 0 Å². The van der Waals surface area contributed by atoms with Gasteiger partial charge < -0.3 is 15.0 Å². The van der Waals surface area contributed by atoms with Crippen molar-refractivity contribution in [2.75, 3.05) is 18.6 Å². The maximum absolute atomic E-state index is 13.1. The van der Waals surface area contributed by atoms with Crippen molar-refractivity contribution in [2.24, 2.45) is 5.10 Å². The van der Waals surface area contributed by atoms with E-state index in [0.29, 0.717) is 23.6 Å². The second kappa shape index (κ2) is 6.07. The molecule has 1 N–H and O–H groups in total. The fraction of sp³-hybridized carbons (Fsp3) is 0.375. The van der Waals surface area contributed by atoms with E-state index < -0.39 is 10.8 Å². The second-order valence-corrected chi connectivity index (χ2v) is 6.82. The van der Waals surface area contributed by atoms with Crippen LogP contribution in [0.3, 0.4) is 0 Å². The van der Waals surface area contributed by atoms with E-state index in [2.05, 4.69) is 10.4 Å². The van der Waals surface area contributed by atoms with Crippen LogP contribution in [-0.2, 0) is 19.3 Å². The summed E-state index contributed by atoms with van der Waals surface area (Å²) in [6, 6.07) is 5.30. The molecule has 0 fully saturated rings. The molecule has 0 aliphatic carbocycles. The molecule has 1 aromatic carbocycles. The van der Waals surface area contributed by atoms with Gasteiger partial charge in [0.25, 0.3) is 5.91 Å². The number of hydrogen-bond donors (Lipinski definition) is 1. The number of hydrazone groups is 1. The highest BCUT2D eigenvalue weighted by Gasteiger charge is 2.60. The van der Waals surface area contributed by atoms with Crippen LogP contribution in [0.4, 0.5) is 5.69 Å². The smallest absolute Gasteiger partial charge is 0.270 e. The van der Waals surface area contributed by atoms with Crippen LogP contribution in [-0.4, -0.2) is 41.6 Å². The number of thioether (sulfide) groups is 1. The van der Waals surface area contributed by atoms with Gasteiger partial charge in [-0.25, -0.2) is 0 Å². The number of likely N-dealkylation sites (N-methyl/N-ethyl adjacent to an activating group) is 1. The molecule has 1 spiro atoms. The number of anilines is 1. The van der Waals surface area contributed by atoms with Gasteiger partial charge in [-0.2, -0.15) is 5.01 Å². The third kappa shape index (κ3) is 2.55. The molecule has 0 saturated heterocycles. The number of rotatable bonds is 2. The number of nitrogens with one attached hydrogen (secondary N) is 1. The third-order valence-corrected chi connectivity index (χ3v) is 5.15. The molecule has 132 valence electrons. The van der Waals surface area contributed by atoms with Gasteiger partial charge >= 0.3 is 0 Å². The molecule has 2 heterocycles. The molecule has 0 saturated carbocycles. The highest BCUT2D eigenvalue weighted by Crippen LogP contribution is 2.54. The SMILES string of the molecule is CCOc1ccc2c(c1)[C@@]1(SC(NC(C)=O)=NN1C(C)=O)C(=O)N2C. The van der Waals surface area contributed by atoms with Gasteiger partial charge in [0, 0.05) is 26.5 Å². The summed E-state index contributed by atoms with van der Waals surface area (Å²) in [5.41, 5.74) is 1.28. The molecule has 1 aromatic rings.